The fraction of sp³-hybridized carbons (Fsp3) is 0.647. The van der Waals surface area contributed by atoms with E-state index in [2.05, 4.69) is 4.90 Å². The van der Waals surface area contributed by atoms with E-state index in [1.165, 1.54) is 20.3 Å². The number of methoxy groups -OCH3 is 2. The van der Waals surface area contributed by atoms with Crippen molar-refractivity contribution >= 4 is 0 Å². The van der Waals surface area contributed by atoms with Gasteiger partial charge in [0, 0.05) is 31.3 Å². The van der Waals surface area contributed by atoms with Gasteiger partial charge in [-0.05, 0) is 30.7 Å². The summed E-state index contributed by atoms with van der Waals surface area (Å²) in [7, 11) is 3.02. The van der Waals surface area contributed by atoms with Gasteiger partial charge in [-0.25, -0.2) is 4.39 Å². The largest absolute Gasteiger partial charge is 0.493 e. The van der Waals surface area contributed by atoms with E-state index >= 15 is 0 Å². The average Bonchev–Trinajstić information content (AvgIpc) is 2.90. The molecule has 2 aliphatic rings. The third kappa shape index (κ3) is 3.29. The topological polar surface area (TPSA) is 62.2 Å². The molecule has 2 N–H and O–H groups in total. The van der Waals surface area contributed by atoms with Crippen molar-refractivity contribution in [3.63, 3.8) is 0 Å². The van der Waals surface area contributed by atoms with Crippen LogP contribution in [-0.4, -0.2) is 54.6 Å². The number of rotatable bonds is 4. The standard InChI is InChI=1S/C17H24FNO4/c1-22-16-5-12(13(18)6-17(16)23-2)9-19-7-10-3-14(20)15(21)4-11(10)8-19/h5-6,10-11,14-15,20-21H,3-4,7-9H2,1-2H3/t10-,11+,14+,15-. The van der Waals surface area contributed by atoms with Crippen molar-refractivity contribution < 1.29 is 24.1 Å². The van der Waals surface area contributed by atoms with Crippen molar-refractivity contribution in [2.75, 3.05) is 27.3 Å². The Morgan fingerprint density at radius 3 is 2.09 bits per heavy atom. The summed E-state index contributed by atoms with van der Waals surface area (Å²) in [5.41, 5.74) is 0.572. The van der Waals surface area contributed by atoms with Gasteiger partial charge >= 0.3 is 0 Å². The van der Waals surface area contributed by atoms with Gasteiger partial charge in [0.2, 0.25) is 0 Å². The molecule has 1 saturated carbocycles. The number of aliphatic hydroxyl groups is 2. The second-order valence-electron chi connectivity index (χ2n) is 6.62. The third-order valence-electron chi connectivity index (χ3n) is 5.13. The quantitative estimate of drug-likeness (QED) is 0.876. The number of nitrogens with zero attached hydrogens (tertiary/aromatic N) is 1. The van der Waals surface area contributed by atoms with Gasteiger partial charge in [0.05, 0.1) is 26.4 Å². The molecule has 1 aromatic rings. The summed E-state index contributed by atoms with van der Waals surface area (Å²) >= 11 is 0. The Morgan fingerprint density at radius 2 is 1.57 bits per heavy atom. The molecular weight excluding hydrogens is 301 g/mol. The molecule has 0 unspecified atom stereocenters. The Kier molecular flexibility index (Phi) is 4.75. The predicted molar refractivity (Wildman–Crippen MR) is 83.0 cm³/mol. The summed E-state index contributed by atoms with van der Waals surface area (Å²) in [6.45, 7) is 2.13. The van der Waals surface area contributed by atoms with Crippen LogP contribution in [-0.2, 0) is 6.54 Å². The molecule has 128 valence electrons. The van der Waals surface area contributed by atoms with E-state index in [0.29, 0.717) is 48.3 Å². The first kappa shape index (κ1) is 16.5. The highest BCUT2D eigenvalue weighted by atomic mass is 19.1. The molecule has 0 bridgehead atoms. The van der Waals surface area contributed by atoms with E-state index in [4.69, 9.17) is 9.47 Å². The van der Waals surface area contributed by atoms with Gasteiger partial charge in [0.1, 0.15) is 5.82 Å². The van der Waals surface area contributed by atoms with Crippen molar-refractivity contribution in [3.05, 3.63) is 23.5 Å². The number of hydrogen-bond donors (Lipinski definition) is 2. The van der Waals surface area contributed by atoms with Crippen LogP contribution in [0.1, 0.15) is 18.4 Å². The van der Waals surface area contributed by atoms with Crippen LogP contribution in [0, 0.1) is 17.7 Å². The highest BCUT2D eigenvalue weighted by Crippen LogP contribution is 2.38. The Hall–Kier alpha value is -1.37. The lowest BCUT2D eigenvalue weighted by Gasteiger charge is -2.32. The van der Waals surface area contributed by atoms with Crippen molar-refractivity contribution in [1.29, 1.82) is 0 Å². The van der Waals surface area contributed by atoms with Gasteiger partial charge in [-0.2, -0.15) is 0 Å². The number of likely N-dealkylation sites (tertiary alicyclic amines) is 1. The lowest BCUT2D eigenvalue weighted by atomic mass is 9.79. The summed E-state index contributed by atoms with van der Waals surface area (Å²) in [6, 6.07) is 3.03. The molecule has 1 aliphatic carbocycles. The van der Waals surface area contributed by atoms with Gasteiger partial charge in [-0.3, -0.25) is 4.90 Å². The van der Waals surface area contributed by atoms with Crippen LogP contribution >= 0.6 is 0 Å². The van der Waals surface area contributed by atoms with Gasteiger partial charge in [-0.15, -0.1) is 0 Å². The molecule has 3 rings (SSSR count). The highest BCUT2D eigenvalue weighted by Gasteiger charge is 2.41. The van der Waals surface area contributed by atoms with Crippen molar-refractivity contribution in [3.8, 4) is 11.5 Å². The zero-order valence-corrected chi connectivity index (χ0v) is 13.5. The lowest BCUT2D eigenvalue weighted by Crippen LogP contribution is -2.38. The molecule has 2 fully saturated rings. The Morgan fingerprint density at radius 1 is 1.04 bits per heavy atom. The smallest absolute Gasteiger partial charge is 0.163 e. The number of benzene rings is 1. The molecule has 1 aliphatic heterocycles. The summed E-state index contributed by atoms with van der Waals surface area (Å²) in [6.07, 6.45) is -0.0175. The molecule has 1 heterocycles. The summed E-state index contributed by atoms with van der Waals surface area (Å²) in [5.74, 6) is 1.34. The molecule has 1 aromatic carbocycles. The van der Waals surface area contributed by atoms with Crippen LogP contribution < -0.4 is 9.47 Å². The van der Waals surface area contributed by atoms with Crippen LogP contribution in [0.5, 0.6) is 11.5 Å². The maximum absolute atomic E-state index is 14.3. The molecule has 6 heteroatoms. The van der Waals surface area contributed by atoms with Crippen LogP contribution in [0.4, 0.5) is 4.39 Å². The van der Waals surface area contributed by atoms with Crippen molar-refractivity contribution in [1.82, 2.24) is 4.90 Å². The van der Waals surface area contributed by atoms with E-state index in [-0.39, 0.29) is 5.82 Å². The van der Waals surface area contributed by atoms with Gasteiger partial charge in [0.25, 0.3) is 0 Å². The first-order valence-corrected chi connectivity index (χ1v) is 8.00. The Bertz CT molecular complexity index is 550. The van der Waals surface area contributed by atoms with Gasteiger partial charge < -0.3 is 19.7 Å². The third-order valence-corrected chi connectivity index (χ3v) is 5.13. The summed E-state index contributed by atoms with van der Waals surface area (Å²) < 4.78 is 24.6. The average molecular weight is 325 g/mol. The second-order valence-corrected chi connectivity index (χ2v) is 6.62. The van der Waals surface area contributed by atoms with Crippen LogP contribution in [0.25, 0.3) is 0 Å². The minimum Gasteiger partial charge on any atom is -0.493 e. The second kappa shape index (κ2) is 6.63. The van der Waals surface area contributed by atoms with E-state index in [9.17, 15) is 14.6 Å². The van der Waals surface area contributed by atoms with Crippen LogP contribution in [0.3, 0.4) is 0 Å². The first-order chi connectivity index (χ1) is 11.0. The minimum atomic E-state index is -0.631. The monoisotopic (exact) mass is 325 g/mol. The fourth-order valence-electron chi connectivity index (χ4n) is 3.89. The number of ether oxygens (including phenoxy) is 2. The van der Waals surface area contributed by atoms with E-state index < -0.39 is 12.2 Å². The zero-order chi connectivity index (χ0) is 16.6. The maximum Gasteiger partial charge on any atom is 0.163 e. The SMILES string of the molecule is COc1cc(F)c(CN2C[C@H]3C[C@H](O)[C@H](O)C[C@H]3C2)cc1OC. The predicted octanol–water partition coefficient (Wildman–Crippen LogP) is 1.41. The fourth-order valence-corrected chi connectivity index (χ4v) is 3.89. The molecule has 0 radical (unpaired) electrons. The number of aliphatic hydroxyl groups excluding tert-OH is 2. The van der Waals surface area contributed by atoms with Crippen molar-refractivity contribution in [2.45, 2.75) is 31.6 Å². The number of fused-ring (bicyclic) bond motifs is 1. The van der Waals surface area contributed by atoms with Crippen LogP contribution in [0.2, 0.25) is 0 Å². The summed E-state index contributed by atoms with van der Waals surface area (Å²) in [5, 5.41) is 19.6. The van der Waals surface area contributed by atoms with Gasteiger partial charge in [-0.1, -0.05) is 0 Å². The Labute approximate surface area is 135 Å². The molecule has 0 aromatic heterocycles. The van der Waals surface area contributed by atoms with E-state index in [1.54, 1.807) is 6.07 Å². The number of hydrogen-bond acceptors (Lipinski definition) is 5. The molecule has 23 heavy (non-hydrogen) atoms. The van der Waals surface area contributed by atoms with Gasteiger partial charge in [0.15, 0.2) is 11.5 Å². The molecular formula is C17H24FNO4. The normalized spacial score (nSPS) is 31.0. The molecule has 0 spiro atoms. The minimum absolute atomic E-state index is 0.308. The summed E-state index contributed by atoms with van der Waals surface area (Å²) in [4.78, 5) is 2.18. The maximum atomic E-state index is 14.3. The molecule has 1 saturated heterocycles. The van der Waals surface area contributed by atoms with E-state index in [0.717, 1.165) is 13.1 Å². The molecule has 5 nitrogen and oxygen atoms in total. The number of halogens is 1. The van der Waals surface area contributed by atoms with Crippen LogP contribution in [0.15, 0.2) is 12.1 Å². The first-order valence-electron chi connectivity index (χ1n) is 8.00. The zero-order valence-electron chi connectivity index (χ0n) is 13.5. The van der Waals surface area contributed by atoms with Crippen molar-refractivity contribution in [2.24, 2.45) is 11.8 Å². The molecule has 4 atom stereocenters. The van der Waals surface area contributed by atoms with E-state index in [1.807, 2.05) is 0 Å². The lowest BCUT2D eigenvalue weighted by molar-refractivity contribution is -0.0372. The highest BCUT2D eigenvalue weighted by molar-refractivity contribution is 5.43. The Balaban J connectivity index is 1.71. The molecule has 0 amide bonds.